The molecule has 0 bridgehead atoms. The minimum Gasteiger partial charge on any atom is -0.337 e. The molecule has 0 aliphatic carbocycles. The van der Waals surface area contributed by atoms with E-state index in [9.17, 15) is 0 Å². The van der Waals surface area contributed by atoms with Gasteiger partial charge >= 0.3 is 0 Å². The molecule has 2 heterocycles. The largest absolute Gasteiger partial charge is 0.337 e. The van der Waals surface area contributed by atoms with Crippen molar-refractivity contribution in [1.29, 1.82) is 0 Å². The van der Waals surface area contributed by atoms with Crippen LogP contribution in [0.1, 0.15) is 31.7 Å². The highest BCUT2D eigenvalue weighted by Crippen LogP contribution is 2.21. The summed E-state index contributed by atoms with van der Waals surface area (Å²) in [5, 5.41) is 0. The summed E-state index contributed by atoms with van der Waals surface area (Å²) in [5.41, 5.74) is 6.96. The Balaban J connectivity index is 2.08. The minimum absolute atomic E-state index is 0.428. The number of hydrogen-bond donors (Lipinski definition) is 1. The third-order valence-electron chi connectivity index (χ3n) is 3.14. The Kier molecular flexibility index (Phi) is 3.72. The van der Waals surface area contributed by atoms with Crippen LogP contribution in [0.2, 0.25) is 0 Å². The van der Waals surface area contributed by atoms with Crippen LogP contribution in [0.15, 0.2) is 12.4 Å². The number of nitrogens with two attached hydrogens (primary N) is 1. The number of hydrogen-bond acceptors (Lipinski definition) is 4. The van der Waals surface area contributed by atoms with Gasteiger partial charge < -0.3 is 10.6 Å². The lowest BCUT2D eigenvalue weighted by atomic mass is 10.2. The van der Waals surface area contributed by atoms with Crippen molar-refractivity contribution >= 4 is 5.95 Å². The van der Waals surface area contributed by atoms with E-state index in [2.05, 4.69) is 21.8 Å². The third kappa shape index (κ3) is 2.32. The topological polar surface area (TPSA) is 55.0 Å². The molecule has 1 saturated heterocycles. The highest BCUT2D eigenvalue weighted by Gasteiger charge is 2.24. The maximum absolute atomic E-state index is 5.74. The van der Waals surface area contributed by atoms with E-state index in [-0.39, 0.29) is 0 Å². The summed E-state index contributed by atoms with van der Waals surface area (Å²) in [7, 11) is 0. The number of anilines is 1. The third-order valence-corrected chi connectivity index (χ3v) is 3.14. The van der Waals surface area contributed by atoms with Crippen molar-refractivity contribution in [2.24, 2.45) is 5.73 Å². The predicted octanol–water partition coefficient (Wildman–Crippen LogP) is 1.36. The maximum Gasteiger partial charge on any atom is 0.225 e. The number of aromatic nitrogens is 2. The fraction of sp³-hybridized carbons (Fsp3) is 0.667. The van der Waals surface area contributed by atoms with Gasteiger partial charge in [-0.3, -0.25) is 0 Å². The highest BCUT2D eigenvalue weighted by molar-refractivity contribution is 5.33. The molecule has 2 N–H and O–H groups in total. The molecule has 0 radical (unpaired) electrons. The molecule has 1 aliphatic rings. The molecule has 4 nitrogen and oxygen atoms in total. The second-order valence-corrected chi connectivity index (χ2v) is 4.37. The summed E-state index contributed by atoms with van der Waals surface area (Å²) >= 11 is 0. The van der Waals surface area contributed by atoms with Crippen LogP contribution < -0.4 is 10.6 Å². The first-order valence-electron chi connectivity index (χ1n) is 6.12. The first-order chi connectivity index (χ1) is 7.85. The van der Waals surface area contributed by atoms with Gasteiger partial charge in [0.25, 0.3) is 0 Å². The SMILES string of the molecule is CCCc1cnc(N2CCCC2CN)nc1. The minimum atomic E-state index is 0.428. The van der Waals surface area contributed by atoms with Gasteiger partial charge in [-0.05, 0) is 24.8 Å². The smallest absolute Gasteiger partial charge is 0.225 e. The van der Waals surface area contributed by atoms with Crippen molar-refractivity contribution in [3.63, 3.8) is 0 Å². The van der Waals surface area contributed by atoms with Crippen LogP contribution >= 0.6 is 0 Å². The zero-order chi connectivity index (χ0) is 11.4. The van der Waals surface area contributed by atoms with Crippen molar-refractivity contribution in [2.45, 2.75) is 38.6 Å². The molecule has 1 unspecified atom stereocenters. The molecular formula is C12H20N4. The fourth-order valence-electron chi connectivity index (χ4n) is 2.26. The molecule has 1 atom stereocenters. The first kappa shape index (κ1) is 11.3. The molecule has 1 aromatic rings. The number of aryl methyl sites for hydroxylation is 1. The summed E-state index contributed by atoms with van der Waals surface area (Å²) in [6.45, 7) is 3.90. The Morgan fingerprint density at radius 2 is 2.19 bits per heavy atom. The van der Waals surface area contributed by atoms with Gasteiger partial charge in [0.2, 0.25) is 5.95 Å². The Morgan fingerprint density at radius 3 is 2.81 bits per heavy atom. The lowest BCUT2D eigenvalue weighted by Gasteiger charge is -2.23. The molecule has 1 fully saturated rings. The molecule has 1 aromatic heterocycles. The second kappa shape index (κ2) is 5.25. The number of nitrogens with zero attached hydrogens (tertiary/aromatic N) is 3. The van der Waals surface area contributed by atoms with Gasteiger partial charge in [0.15, 0.2) is 0 Å². The van der Waals surface area contributed by atoms with E-state index in [1.54, 1.807) is 0 Å². The van der Waals surface area contributed by atoms with Crippen LogP contribution in [0.5, 0.6) is 0 Å². The van der Waals surface area contributed by atoms with E-state index in [4.69, 9.17) is 5.73 Å². The Morgan fingerprint density at radius 1 is 1.44 bits per heavy atom. The molecule has 0 spiro atoms. The average Bonchev–Trinajstić information content (AvgIpc) is 2.78. The predicted molar refractivity (Wildman–Crippen MR) is 65.4 cm³/mol. The van der Waals surface area contributed by atoms with Crippen LogP contribution in [0, 0.1) is 0 Å². The molecule has 16 heavy (non-hydrogen) atoms. The van der Waals surface area contributed by atoms with E-state index in [0.717, 1.165) is 31.8 Å². The van der Waals surface area contributed by atoms with Gasteiger partial charge in [-0.25, -0.2) is 9.97 Å². The van der Waals surface area contributed by atoms with Gasteiger partial charge in [0, 0.05) is 31.5 Å². The Bertz CT molecular complexity index is 322. The van der Waals surface area contributed by atoms with Crippen molar-refractivity contribution in [1.82, 2.24) is 9.97 Å². The zero-order valence-corrected chi connectivity index (χ0v) is 9.89. The molecule has 0 amide bonds. The zero-order valence-electron chi connectivity index (χ0n) is 9.89. The Hall–Kier alpha value is -1.16. The van der Waals surface area contributed by atoms with Gasteiger partial charge in [-0.2, -0.15) is 0 Å². The monoisotopic (exact) mass is 220 g/mol. The molecule has 0 aromatic carbocycles. The van der Waals surface area contributed by atoms with E-state index in [1.807, 2.05) is 12.4 Å². The van der Waals surface area contributed by atoms with Gasteiger partial charge in [-0.15, -0.1) is 0 Å². The van der Waals surface area contributed by atoms with Crippen molar-refractivity contribution < 1.29 is 0 Å². The van der Waals surface area contributed by atoms with Gasteiger partial charge in [0.05, 0.1) is 0 Å². The standard InChI is InChI=1S/C12H20N4/c1-2-4-10-8-14-12(15-9-10)16-6-3-5-11(16)7-13/h8-9,11H,2-7,13H2,1H3. The summed E-state index contributed by atoms with van der Waals surface area (Å²) in [5.74, 6) is 0.841. The molecule has 2 rings (SSSR count). The number of rotatable bonds is 4. The molecule has 0 saturated carbocycles. The van der Waals surface area contributed by atoms with E-state index in [1.165, 1.54) is 12.0 Å². The quantitative estimate of drug-likeness (QED) is 0.832. The van der Waals surface area contributed by atoms with Crippen LogP contribution in [0.25, 0.3) is 0 Å². The average molecular weight is 220 g/mol. The van der Waals surface area contributed by atoms with Crippen LogP contribution in [0.4, 0.5) is 5.95 Å². The summed E-state index contributed by atoms with van der Waals surface area (Å²) < 4.78 is 0. The molecule has 4 heteroatoms. The highest BCUT2D eigenvalue weighted by atomic mass is 15.3. The van der Waals surface area contributed by atoms with E-state index in [0.29, 0.717) is 12.6 Å². The Labute approximate surface area is 96.9 Å². The maximum atomic E-state index is 5.74. The summed E-state index contributed by atoms with van der Waals surface area (Å²) in [6, 6.07) is 0.428. The first-order valence-corrected chi connectivity index (χ1v) is 6.12. The lowest BCUT2D eigenvalue weighted by Crippen LogP contribution is -2.36. The normalized spacial score (nSPS) is 20.4. The van der Waals surface area contributed by atoms with Crippen molar-refractivity contribution in [3.8, 4) is 0 Å². The van der Waals surface area contributed by atoms with Crippen LogP contribution in [-0.2, 0) is 6.42 Å². The summed E-state index contributed by atoms with van der Waals surface area (Å²) in [4.78, 5) is 11.1. The summed E-state index contributed by atoms with van der Waals surface area (Å²) in [6.07, 6.45) is 8.44. The fourth-order valence-corrected chi connectivity index (χ4v) is 2.26. The van der Waals surface area contributed by atoms with Crippen LogP contribution in [0.3, 0.4) is 0 Å². The molecular weight excluding hydrogens is 200 g/mol. The van der Waals surface area contributed by atoms with Crippen molar-refractivity contribution in [3.05, 3.63) is 18.0 Å². The molecule has 1 aliphatic heterocycles. The van der Waals surface area contributed by atoms with Gasteiger partial charge in [-0.1, -0.05) is 13.3 Å². The van der Waals surface area contributed by atoms with Crippen LogP contribution in [-0.4, -0.2) is 29.1 Å². The lowest BCUT2D eigenvalue weighted by molar-refractivity contribution is 0.663. The van der Waals surface area contributed by atoms with E-state index >= 15 is 0 Å². The van der Waals surface area contributed by atoms with E-state index < -0.39 is 0 Å². The van der Waals surface area contributed by atoms with Crippen molar-refractivity contribution in [2.75, 3.05) is 18.0 Å². The molecule has 88 valence electrons. The second-order valence-electron chi connectivity index (χ2n) is 4.37. The van der Waals surface area contributed by atoms with Gasteiger partial charge in [0.1, 0.15) is 0 Å².